The first-order valence-electron chi connectivity index (χ1n) is 22.3. The molecule has 0 fully saturated rings. The van der Waals surface area contributed by atoms with E-state index in [2.05, 4.69) is 197 Å². The molecule has 0 aliphatic carbocycles. The van der Waals surface area contributed by atoms with Crippen LogP contribution in [0.2, 0.25) is 123 Å². The van der Waals surface area contributed by atoms with Gasteiger partial charge in [-0.05, 0) is 0 Å². The van der Waals surface area contributed by atoms with E-state index in [1.165, 1.54) is 5.56 Å². The molecule has 56 heavy (non-hydrogen) atoms. The molecule has 0 N–H and O–H groups in total. The Labute approximate surface area is 363 Å². The van der Waals surface area contributed by atoms with Crippen molar-refractivity contribution >= 4 is 82.9 Å². The predicted molar refractivity (Wildman–Crippen MR) is 281 cm³/mol. The molecule has 0 aromatic heterocycles. The fourth-order valence-electron chi connectivity index (χ4n) is 12.2. The van der Waals surface area contributed by atoms with Crippen LogP contribution in [0.4, 0.5) is 0 Å². The van der Waals surface area contributed by atoms with Crippen molar-refractivity contribution in [3.05, 3.63) is 69.3 Å². The fraction of sp³-hybridized carbons (Fsp3) is 0.702. The quantitative estimate of drug-likeness (QED) is 0.106. The third-order valence-corrected chi connectivity index (χ3v) is 51.7. The molecular weight excluding hydrogens is 854 g/mol. The monoisotopic (exact) mass is 944 g/mol. The molecule has 0 saturated carbocycles. The maximum atomic E-state index is 8.11. The van der Waals surface area contributed by atoms with Crippen LogP contribution in [0.25, 0.3) is 0 Å². The van der Waals surface area contributed by atoms with E-state index in [-0.39, 0.29) is 0 Å². The zero-order valence-electron chi connectivity index (χ0n) is 41.6. The van der Waals surface area contributed by atoms with Crippen LogP contribution in [-0.2, 0) is 3.21 Å². The van der Waals surface area contributed by atoms with E-state index in [0.717, 1.165) is 11.0 Å². The van der Waals surface area contributed by atoms with Crippen LogP contribution < -0.4 is 8.79 Å². The van der Waals surface area contributed by atoms with Crippen molar-refractivity contribution in [2.45, 2.75) is 205 Å². The summed E-state index contributed by atoms with van der Waals surface area (Å²) in [5.74, 6) is 2.29. The number of benzene rings is 2. The van der Waals surface area contributed by atoms with E-state index in [9.17, 15) is 0 Å². The number of hydrogen-bond acceptors (Lipinski definition) is 2. The van der Waals surface area contributed by atoms with Crippen LogP contribution in [0.15, 0.2) is 35.9 Å². The van der Waals surface area contributed by atoms with Gasteiger partial charge in [0, 0.05) is 0 Å². The van der Waals surface area contributed by atoms with Crippen LogP contribution in [0, 0.1) is 0 Å². The molecule has 0 amide bonds. The van der Waals surface area contributed by atoms with Crippen molar-refractivity contribution in [2.24, 2.45) is 0 Å². The number of hydrogen-bond donors (Lipinski definition) is 0. The molecule has 1 unspecified atom stereocenters. The second kappa shape index (κ2) is 17.6. The average Bonchev–Trinajstić information content (AvgIpc) is 3.13. The second-order valence-electron chi connectivity index (χ2n) is 25.5. The normalized spacial score (nSPS) is 18.6. The van der Waals surface area contributed by atoms with Gasteiger partial charge in [-0.3, -0.25) is 0 Å². The van der Waals surface area contributed by atoms with Crippen molar-refractivity contribution in [3.63, 3.8) is 0 Å². The molecule has 0 radical (unpaired) electrons. The third-order valence-electron chi connectivity index (χ3n) is 12.5. The fourth-order valence-corrected chi connectivity index (χ4v) is 65.1. The van der Waals surface area contributed by atoms with Gasteiger partial charge >= 0.3 is 366 Å². The molecule has 0 bridgehead atoms. The third kappa shape index (κ3) is 11.2. The molecule has 318 valence electrons. The first-order chi connectivity index (χ1) is 25.0. The molecule has 3 rings (SSSR count). The van der Waals surface area contributed by atoms with Gasteiger partial charge in [0.25, 0.3) is 0 Å². The molecule has 0 spiro atoms. The van der Waals surface area contributed by atoms with Gasteiger partial charge in [-0.15, -0.1) is 0 Å². The Morgan fingerprint density at radius 2 is 0.786 bits per heavy atom. The van der Waals surface area contributed by atoms with Crippen molar-refractivity contribution in [3.8, 4) is 0 Å². The van der Waals surface area contributed by atoms with E-state index in [1.54, 1.807) is 37.8 Å². The van der Waals surface area contributed by atoms with Crippen LogP contribution in [0.3, 0.4) is 0 Å². The molecule has 0 saturated heterocycles. The Hall–Kier alpha value is 0.334. The van der Waals surface area contributed by atoms with E-state index in [1.807, 2.05) is 16.4 Å². The minimum absolute atomic E-state index is 0.425. The molecule has 1 heterocycles. The Bertz CT molecular complexity index is 1600. The van der Waals surface area contributed by atoms with Gasteiger partial charge in [-0.2, -0.15) is 0 Å². The summed E-state index contributed by atoms with van der Waals surface area (Å²) in [6.07, 6.45) is 2.54. The Morgan fingerprint density at radius 3 is 1.09 bits per heavy atom. The molecule has 9 heteroatoms. The Balaban J connectivity index is 3.06. The van der Waals surface area contributed by atoms with E-state index >= 15 is 0 Å². The summed E-state index contributed by atoms with van der Waals surface area (Å²) in [5.41, 5.74) is 11.6. The zero-order chi connectivity index (χ0) is 43.5. The van der Waals surface area contributed by atoms with Gasteiger partial charge in [0.2, 0.25) is 0 Å². The summed E-state index contributed by atoms with van der Waals surface area (Å²) >= 11 is -2.01. The summed E-state index contributed by atoms with van der Waals surface area (Å²) in [6.45, 7) is 65.9. The molecule has 2 aromatic carbocycles. The van der Waals surface area contributed by atoms with Gasteiger partial charge in [0.1, 0.15) is 0 Å². The van der Waals surface area contributed by atoms with Gasteiger partial charge in [0.15, 0.2) is 0 Å². The zero-order valence-corrected chi connectivity index (χ0v) is 50.5. The summed E-state index contributed by atoms with van der Waals surface area (Å²) in [5, 5.41) is 3.08. The summed E-state index contributed by atoms with van der Waals surface area (Å²) in [4.78, 5) is 0. The summed E-state index contributed by atoms with van der Waals surface area (Å²) in [6, 6.07) is 11.2. The van der Waals surface area contributed by atoms with Crippen LogP contribution in [0.1, 0.15) is 115 Å². The van der Waals surface area contributed by atoms with Gasteiger partial charge in [-0.1, -0.05) is 0 Å². The average molecular weight is 944 g/mol. The Morgan fingerprint density at radius 1 is 0.464 bits per heavy atom. The molecular formula is C47H90GeOSSi6. The van der Waals surface area contributed by atoms with Gasteiger partial charge in [0.05, 0.1) is 0 Å². The van der Waals surface area contributed by atoms with Crippen LogP contribution in [0.5, 0.6) is 0 Å². The predicted octanol–water partition coefficient (Wildman–Crippen LogP) is 15.3. The topological polar surface area (TPSA) is 9.23 Å². The van der Waals surface area contributed by atoms with Crippen LogP contribution >= 0.6 is 12.0 Å². The molecule has 1 aliphatic heterocycles. The summed E-state index contributed by atoms with van der Waals surface area (Å²) in [7, 11) is -10.2. The van der Waals surface area contributed by atoms with Gasteiger partial charge in [-0.25, -0.2) is 0 Å². The van der Waals surface area contributed by atoms with Crippen molar-refractivity contribution in [1.82, 2.24) is 0 Å². The first kappa shape index (κ1) is 50.7. The van der Waals surface area contributed by atoms with Crippen molar-refractivity contribution in [2.75, 3.05) is 5.75 Å². The van der Waals surface area contributed by atoms with Crippen molar-refractivity contribution in [1.29, 1.82) is 0 Å². The molecule has 1 atom stereocenters. The van der Waals surface area contributed by atoms with E-state index in [4.69, 9.17) is 3.21 Å². The van der Waals surface area contributed by atoms with Crippen LogP contribution in [-0.4, -0.2) is 67.8 Å². The first-order valence-corrected chi connectivity index (χ1v) is 49.1. The minimum atomic E-state index is -3.83. The van der Waals surface area contributed by atoms with E-state index < -0.39 is 62.0 Å². The number of allylic oxidation sites excluding steroid dienone is 1. The molecule has 1 aliphatic rings. The summed E-state index contributed by atoms with van der Waals surface area (Å²) < 4.78 is 11.6. The standard InChI is InChI=1S/C47H90GeOSSi6/c1-33(2)37-28-39(34(3)4)43(40(29-37)35(5)6)48(32-36(7)26-27-50-49-48)44-41(46(53(14,15)16)54(17,18)19)30-38(45(51(8,9)10)52(11,12)13)31-42(44)47(55(20,21)22)56(23,24)25/h26,28-31,33-35,45-47H,27,32H2,1-25H3. The second-order valence-corrected chi connectivity index (χ2v) is 67.2. The SMILES string of the molecule is CC1=CCS[O][Ge]([c]2c(C(C)C)cc(C(C)C)cc2C(C)C)([c]2c(C([Si](C)(C)C)[Si](C)(C)C)cc(C([Si](C)(C)C)[Si](C)(C)C)cc2C([Si](C)(C)C)[Si](C)(C)C)[CH2]1. The Kier molecular flexibility index (Phi) is 15.9. The molecule has 1 nitrogen and oxygen atoms in total. The molecule has 2 aromatic rings. The van der Waals surface area contributed by atoms with Crippen molar-refractivity contribution < 1.29 is 3.21 Å². The maximum absolute atomic E-state index is 8.11. The number of rotatable bonds is 14. The van der Waals surface area contributed by atoms with Gasteiger partial charge < -0.3 is 0 Å². The van der Waals surface area contributed by atoms with E-state index in [0.29, 0.717) is 33.2 Å².